The van der Waals surface area contributed by atoms with Gasteiger partial charge >= 0.3 is 0 Å². The summed E-state index contributed by atoms with van der Waals surface area (Å²) < 4.78 is 11.6. The predicted octanol–water partition coefficient (Wildman–Crippen LogP) is 4.67. The van der Waals surface area contributed by atoms with Crippen LogP contribution in [0.25, 0.3) is 5.76 Å². The van der Waals surface area contributed by atoms with E-state index in [9.17, 15) is 14.7 Å². The number of carbonyl (C=O) groups excluding carboxylic acids is 2. The fourth-order valence-corrected chi connectivity index (χ4v) is 5.19. The molecule has 1 aliphatic carbocycles. The third kappa shape index (κ3) is 3.34. The number of rotatable bonds is 3. The summed E-state index contributed by atoms with van der Waals surface area (Å²) in [5.74, 6) is 0.663. The second-order valence-electron chi connectivity index (χ2n) is 8.90. The fourth-order valence-electron chi connectivity index (χ4n) is 5.19. The van der Waals surface area contributed by atoms with Crippen molar-refractivity contribution in [1.29, 1.82) is 0 Å². The molecule has 6 heteroatoms. The minimum Gasteiger partial charge on any atom is -0.507 e. The topological polar surface area (TPSA) is 80.0 Å². The molecule has 1 amide bonds. The Balaban J connectivity index is 1.62. The summed E-state index contributed by atoms with van der Waals surface area (Å²) in [7, 11) is 0. The Bertz CT molecular complexity index is 1080. The second kappa shape index (κ2) is 7.59. The highest BCUT2D eigenvalue weighted by Crippen LogP contribution is 2.44. The predicted molar refractivity (Wildman–Crippen MR) is 115 cm³/mol. The molecule has 0 spiro atoms. The Kier molecular flexibility index (Phi) is 4.88. The molecule has 31 heavy (non-hydrogen) atoms. The van der Waals surface area contributed by atoms with Crippen molar-refractivity contribution < 1.29 is 23.8 Å². The molecule has 0 bridgehead atoms. The first-order chi connectivity index (χ1) is 14.9. The number of aliphatic hydroxyl groups is 1. The maximum Gasteiger partial charge on any atom is 0.296 e. The maximum absolute atomic E-state index is 13.2. The smallest absolute Gasteiger partial charge is 0.296 e. The molecule has 5 rings (SSSR count). The van der Waals surface area contributed by atoms with Crippen LogP contribution in [0.4, 0.5) is 0 Å². The average molecular weight is 421 g/mol. The number of fused-ring (bicyclic) bond motifs is 1. The number of aryl methyl sites for hydroxylation is 1. The molecule has 0 radical (unpaired) electrons. The third-order valence-electron chi connectivity index (χ3n) is 6.65. The summed E-state index contributed by atoms with van der Waals surface area (Å²) in [4.78, 5) is 28.0. The molecule has 3 aliphatic rings. The summed E-state index contributed by atoms with van der Waals surface area (Å²) in [6.07, 6.45) is 5.74. The maximum atomic E-state index is 13.2. The molecule has 1 saturated heterocycles. The summed E-state index contributed by atoms with van der Waals surface area (Å²) in [5, 5.41) is 11.3. The first-order valence-electron chi connectivity index (χ1n) is 11.1. The van der Waals surface area contributed by atoms with Gasteiger partial charge in [0.2, 0.25) is 0 Å². The monoisotopic (exact) mass is 421 g/mol. The van der Waals surface area contributed by atoms with E-state index < -0.39 is 17.7 Å². The number of ketones is 1. The van der Waals surface area contributed by atoms with Crippen molar-refractivity contribution in [1.82, 2.24) is 4.90 Å². The zero-order valence-corrected chi connectivity index (χ0v) is 17.9. The van der Waals surface area contributed by atoms with Gasteiger partial charge in [-0.25, -0.2) is 0 Å². The van der Waals surface area contributed by atoms with Gasteiger partial charge in [-0.05, 0) is 62.6 Å². The average Bonchev–Trinajstić information content (AvgIpc) is 3.43. The number of amides is 1. The number of Topliss-reactive ketones (excluding diaryl/α,β-unsaturated/α-hetero) is 1. The van der Waals surface area contributed by atoms with Crippen LogP contribution in [0.5, 0.6) is 5.75 Å². The van der Waals surface area contributed by atoms with Gasteiger partial charge in [-0.1, -0.05) is 19.3 Å². The molecular formula is C25H27NO5. The lowest BCUT2D eigenvalue weighted by molar-refractivity contribution is -0.142. The number of ether oxygens (including phenoxy) is 1. The van der Waals surface area contributed by atoms with Gasteiger partial charge in [0.15, 0.2) is 0 Å². The summed E-state index contributed by atoms with van der Waals surface area (Å²) in [6, 6.07) is 8.30. The SMILES string of the molecule is Cc1ccc(C2/C(=C(/O)c3ccc4c(c3)CC(C)O4)C(=O)C(=O)N2C2CCCCC2)o1. The minimum absolute atomic E-state index is 0.0276. The van der Waals surface area contributed by atoms with Crippen molar-refractivity contribution >= 4 is 17.4 Å². The van der Waals surface area contributed by atoms with E-state index in [0.29, 0.717) is 17.1 Å². The van der Waals surface area contributed by atoms with Crippen LogP contribution in [0.3, 0.4) is 0 Å². The van der Waals surface area contributed by atoms with E-state index in [1.165, 1.54) is 0 Å². The van der Waals surface area contributed by atoms with E-state index in [2.05, 4.69) is 0 Å². The van der Waals surface area contributed by atoms with E-state index in [-0.39, 0.29) is 23.5 Å². The molecule has 3 heterocycles. The number of nitrogens with zero attached hydrogens (tertiary/aromatic N) is 1. The van der Waals surface area contributed by atoms with Gasteiger partial charge in [-0.2, -0.15) is 0 Å². The van der Waals surface area contributed by atoms with Crippen LogP contribution in [0.1, 0.15) is 67.7 Å². The highest BCUT2D eigenvalue weighted by molar-refractivity contribution is 6.46. The van der Waals surface area contributed by atoms with E-state index >= 15 is 0 Å². The van der Waals surface area contributed by atoms with Crippen molar-refractivity contribution in [2.24, 2.45) is 0 Å². The number of aliphatic hydroxyl groups excluding tert-OH is 1. The molecular weight excluding hydrogens is 394 g/mol. The molecule has 2 aliphatic heterocycles. The largest absolute Gasteiger partial charge is 0.507 e. The number of hydrogen-bond donors (Lipinski definition) is 1. The first kappa shape index (κ1) is 19.9. The fraction of sp³-hybridized carbons (Fsp3) is 0.440. The van der Waals surface area contributed by atoms with Gasteiger partial charge in [0, 0.05) is 18.0 Å². The van der Waals surface area contributed by atoms with Crippen LogP contribution in [0.2, 0.25) is 0 Å². The molecule has 2 fully saturated rings. The number of benzene rings is 1. The normalized spacial score (nSPS) is 25.7. The molecule has 1 saturated carbocycles. The Morgan fingerprint density at radius 2 is 1.87 bits per heavy atom. The van der Waals surface area contributed by atoms with E-state index in [1.807, 2.05) is 32.0 Å². The third-order valence-corrected chi connectivity index (χ3v) is 6.65. The second-order valence-corrected chi connectivity index (χ2v) is 8.90. The highest BCUT2D eigenvalue weighted by atomic mass is 16.5. The van der Waals surface area contributed by atoms with Crippen LogP contribution in [-0.4, -0.2) is 33.8 Å². The van der Waals surface area contributed by atoms with Gasteiger partial charge in [-0.3, -0.25) is 9.59 Å². The number of likely N-dealkylation sites (tertiary alicyclic amines) is 1. The summed E-state index contributed by atoms with van der Waals surface area (Å²) in [6.45, 7) is 3.83. The van der Waals surface area contributed by atoms with Crippen LogP contribution >= 0.6 is 0 Å². The quantitative estimate of drug-likeness (QED) is 0.443. The molecule has 1 N–H and O–H groups in total. The minimum atomic E-state index is -0.708. The molecule has 2 unspecified atom stereocenters. The summed E-state index contributed by atoms with van der Waals surface area (Å²) >= 11 is 0. The van der Waals surface area contributed by atoms with Crippen molar-refractivity contribution in [3.8, 4) is 5.75 Å². The van der Waals surface area contributed by atoms with Gasteiger partial charge in [0.05, 0.1) is 5.57 Å². The molecule has 6 nitrogen and oxygen atoms in total. The van der Waals surface area contributed by atoms with Crippen LogP contribution in [0, 0.1) is 6.92 Å². The van der Waals surface area contributed by atoms with Gasteiger partial charge in [0.25, 0.3) is 11.7 Å². The van der Waals surface area contributed by atoms with E-state index in [4.69, 9.17) is 9.15 Å². The zero-order chi connectivity index (χ0) is 21.7. The Morgan fingerprint density at radius 1 is 1.10 bits per heavy atom. The zero-order valence-electron chi connectivity index (χ0n) is 17.9. The van der Waals surface area contributed by atoms with Gasteiger partial charge < -0.3 is 19.2 Å². The Labute approximate surface area is 181 Å². The number of carbonyl (C=O) groups is 2. The number of furan rings is 1. The summed E-state index contributed by atoms with van der Waals surface area (Å²) in [5.41, 5.74) is 1.62. The lowest BCUT2D eigenvalue weighted by Gasteiger charge is -2.34. The van der Waals surface area contributed by atoms with Crippen LogP contribution in [-0.2, 0) is 16.0 Å². The van der Waals surface area contributed by atoms with Crippen molar-refractivity contribution in [3.63, 3.8) is 0 Å². The van der Waals surface area contributed by atoms with Crippen molar-refractivity contribution in [3.05, 3.63) is 58.6 Å². The lowest BCUT2D eigenvalue weighted by Crippen LogP contribution is -2.40. The molecule has 1 aromatic carbocycles. The highest BCUT2D eigenvalue weighted by Gasteiger charge is 2.50. The molecule has 1 aromatic heterocycles. The Morgan fingerprint density at radius 3 is 2.58 bits per heavy atom. The van der Waals surface area contributed by atoms with E-state index in [1.54, 1.807) is 17.0 Å². The van der Waals surface area contributed by atoms with Crippen molar-refractivity contribution in [2.45, 2.75) is 70.6 Å². The lowest BCUT2D eigenvalue weighted by atomic mass is 9.92. The van der Waals surface area contributed by atoms with Crippen molar-refractivity contribution in [2.75, 3.05) is 0 Å². The first-order valence-corrected chi connectivity index (χ1v) is 11.1. The molecule has 162 valence electrons. The standard InChI is InChI=1S/C25H27NO5/c1-14-8-10-20(30-14)22-21(24(28)25(29)26(22)18-6-4-3-5-7-18)23(27)16-9-11-19-17(13-16)12-15(2)31-19/h8-11,13,15,18,22,27H,3-7,12H2,1-2H3/b23-21-. The van der Waals surface area contributed by atoms with Crippen LogP contribution < -0.4 is 4.74 Å². The molecule has 2 atom stereocenters. The Hall–Kier alpha value is -3.02. The van der Waals surface area contributed by atoms with Gasteiger partial charge in [0.1, 0.15) is 35.2 Å². The number of hydrogen-bond acceptors (Lipinski definition) is 5. The van der Waals surface area contributed by atoms with Crippen LogP contribution in [0.15, 0.2) is 40.3 Å². The molecule has 2 aromatic rings. The van der Waals surface area contributed by atoms with E-state index in [0.717, 1.165) is 49.8 Å². The van der Waals surface area contributed by atoms with Gasteiger partial charge in [-0.15, -0.1) is 0 Å².